The molecule has 3 aromatic rings. The van der Waals surface area contributed by atoms with Crippen molar-refractivity contribution in [2.45, 2.75) is 25.9 Å². The van der Waals surface area contributed by atoms with Crippen LogP contribution in [0.3, 0.4) is 0 Å². The summed E-state index contributed by atoms with van der Waals surface area (Å²) in [6.07, 6.45) is 4.59. The van der Waals surface area contributed by atoms with Crippen LogP contribution in [0.4, 0.5) is 0 Å². The summed E-state index contributed by atoms with van der Waals surface area (Å²) in [5.74, 6) is 1.01. The fourth-order valence-corrected chi connectivity index (χ4v) is 2.53. The minimum atomic E-state index is 0.108. The van der Waals surface area contributed by atoms with Crippen molar-refractivity contribution in [1.82, 2.24) is 19.3 Å². The first-order chi connectivity index (χ1) is 9.65. The number of rotatable bonds is 4. The predicted molar refractivity (Wildman–Crippen MR) is 79.4 cm³/mol. The summed E-state index contributed by atoms with van der Waals surface area (Å²) < 4.78 is 4.05. The lowest BCUT2D eigenvalue weighted by Gasteiger charge is -2.08. The Morgan fingerprint density at radius 2 is 2.10 bits per heavy atom. The van der Waals surface area contributed by atoms with E-state index in [9.17, 15) is 0 Å². The Balaban J connectivity index is 1.96. The lowest BCUT2D eigenvalue weighted by atomic mass is 10.2. The minimum Gasteiger partial charge on any atom is -0.329 e. The molecule has 2 aromatic heterocycles. The van der Waals surface area contributed by atoms with Gasteiger partial charge < -0.3 is 10.3 Å². The molecule has 0 aliphatic heterocycles. The molecule has 0 saturated carbocycles. The average Bonchev–Trinajstić information content (AvgIpc) is 2.96. The molecular formula is C15H19N5. The van der Waals surface area contributed by atoms with Crippen LogP contribution >= 0.6 is 0 Å². The zero-order valence-electron chi connectivity index (χ0n) is 11.8. The van der Waals surface area contributed by atoms with Crippen LogP contribution in [0.2, 0.25) is 0 Å². The Morgan fingerprint density at radius 1 is 1.30 bits per heavy atom. The number of fused-ring (bicyclic) bond motifs is 1. The highest BCUT2D eigenvalue weighted by Gasteiger charge is 2.11. The Bertz CT molecular complexity index is 723. The highest BCUT2D eigenvalue weighted by atomic mass is 15.3. The smallest absolute Gasteiger partial charge is 0.110 e. The van der Waals surface area contributed by atoms with Gasteiger partial charge in [0, 0.05) is 37.3 Å². The quantitative estimate of drug-likeness (QED) is 0.784. The largest absolute Gasteiger partial charge is 0.329 e. The summed E-state index contributed by atoms with van der Waals surface area (Å²) in [4.78, 5) is 4.39. The summed E-state index contributed by atoms with van der Waals surface area (Å²) in [5.41, 5.74) is 8.08. The van der Waals surface area contributed by atoms with E-state index in [1.54, 1.807) is 0 Å². The number of nitrogens with two attached hydrogens (primary N) is 1. The highest BCUT2D eigenvalue weighted by Crippen LogP contribution is 2.18. The van der Waals surface area contributed by atoms with Gasteiger partial charge in [-0.05, 0) is 13.0 Å². The maximum Gasteiger partial charge on any atom is 0.110 e. The highest BCUT2D eigenvalue weighted by molar-refractivity contribution is 5.81. The number of aromatic nitrogens is 4. The molecule has 0 aliphatic rings. The molecule has 0 amide bonds. The van der Waals surface area contributed by atoms with Gasteiger partial charge in [-0.15, -0.1) is 0 Å². The molecule has 1 unspecified atom stereocenters. The Kier molecular flexibility index (Phi) is 3.28. The Hall–Kier alpha value is -2.14. The third-order valence-corrected chi connectivity index (χ3v) is 3.46. The molecule has 1 atom stereocenters. The lowest BCUT2D eigenvalue weighted by molar-refractivity contribution is 0.636. The van der Waals surface area contributed by atoms with Crippen molar-refractivity contribution in [3.63, 3.8) is 0 Å². The molecule has 0 radical (unpaired) electrons. The molecule has 0 fully saturated rings. The van der Waals surface area contributed by atoms with E-state index in [-0.39, 0.29) is 6.04 Å². The van der Waals surface area contributed by atoms with Crippen LogP contribution in [0.5, 0.6) is 0 Å². The van der Waals surface area contributed by atoms with Crippen molar-refractivity contribution < 1.29 is 0 Å². The average molecular weight is 269 g/mol. The van der Waals surface area contributed by atoms with Gasteiger partial charge in [-0.1, -0.05) is 18.2 Å². The summed E-state index contributed by atoms with van der Waals surface area (Å²) in [6.45, 7) is 2.72. The number of para-hydroxylation sites is 1. The summed E-state index contributed by atoms with van der Waals surface area (Å²) in [7, 11) is 1.97. The summed E-state index contributed by atoms with van der Waals surface area (Å²) in [5, 5.41) is 5.81. The summed E-state index contributed by atoms with van der Waals surface area (Å²) >= 11 is 0. The van der Waals surface area contributed by atoms with Gasteiger partial charge >= 0.3 is 0 Å². The van der Waals surface area contributed by atoms with E-state index in [1.807, 2.05) is 43.2 Å². The van der Waals surface area contributed by atoms with Gasteiger partial charge in [0.2, 0.25) is 0 Å². The molecule has 0 saturated heterocycles. The second-order valence-corrected chi connectivity index (χ2v) is 5.24. The zero-order chi connectivity index (χ0) is 14.1. The molecule has 1 aromatic carbocycles. The van der Waals surface area contributed by atoms with Crippen LogP contribution in [0.1, 0.15) is 18.4 Å². The van der Waals surface area contributed by atoms with E-state index < -0.39 is 0 Å². The monoisotopic (exact) mass is 269 g/mol. The number of imidazole rings is 1. The molecule has 104 valence electrons. The van der Waals surface area contributed by atoms with Gasteiger partial charge in [-0.2, -0.15) is 5.10 Å². The van der Waals surface area contributed by atoms with E-state index >= 15 is 0 Å². The van der Waals surface area contributed by atoms with Crippen LogP contribution in [0.25, 0.3) is 10.9 Å². The molecule has 2 N–H and O–H groups in total. The fourth-order valence-electron chi connectivity index (χ4n) is 2.53. The number of hydrogen-bond donors (Lipinski definition) is 1. The second kappa shape index (κ2) is 5.09. The van der Waals surface area contributed by atoms with Crippen LogP contribution in [0.15, 0.2) is 36.7 Å². The van der Waals surface area contributed by atoms with Gasteiger partial charge in [-0.3, -0.25) is 4.68 Å². The molecule has 5 heteroatoms. The van der Waals surface area contributed by atoms with Crippen molar-refractivity contribution in [2.24, 2.45) is 12.8 Å². The molecule has 0 spiro atoms. The van der Waals surface area contributed by atoms with Crippen LogP contribution in [-0.2, 0) is 20.0 Å². The minimum absolute atomic E-state index is 0.108. The molecular weight excluding hydrogens is 250 g/mol. The molecule has 2 heterocycles. The van der Waals surface area contributed by atoms with Gasteiger partial charge in [0.05, 0.1) is 17.8 Å². The van der Waals surface area contributed by atoms with Crippen molar-refractivity contribution in [1.29, 1.82) is 0 Å². The topological polar surface area (TPSA) is 61.7 Å². The molecule has 0 bridgehead atoms. The third kappa shape index (κ3) is 2.32. The SMILES string of the molecule is CC(N)Cc1nccn1Cc1nn(C)c2ccccc12. The van der Waals surface area contributed by atoms with Crippen molar-refractivity contribution in [3.05, 3.63) is 48.2 Å². The molecule has 0 aliphatic carbocycles. The lowest BCUT2D eigenvalue weighted by Crippen LogP contribution is -2.20. The van der Waals surface area contributed by atoms with Crippen LogP contribution in [0, 0.1) is 0 Å². The van der Waals surface area contributed by atoms with E-state index in [2.05, 4.69) is 26.8 Å². The van der Waals surface area contributed by atoms with E-state index in [0.29, 0.717) is 0 Å². The molecule has 5 nitrogen and oxygen atoms in total. The zero-order valence-corrected chi connectivity index (χ0v) is 11.8. The maximum absolute atomic E-state index is 5.87. The van der Waals surface area contributed by atoms with Crippen molar-refractivity contribution in [3.8, 4) is 0 Å². The van der Waals surface area contributed by atoms with Gasteiger partial charge in [-0.25, -0.2) is 4.98 Å². The van der Waals surface area contributed by atoms with Gasteiger partial charge in [0.25, 0.3) is 0 Å². The normalized spacial score (nSPS) is 12.9. The molecule has 20 heavy (non-hydrogen) atoms. The summed E-state index contributed by atoms with van der Waals surface area (Å²) in [6, 6.07) is 8.39. The number of aryl methyl sites for hydroxylation is 1. The first-order valence-electron chi connectivity index (χ1n) is 6.81. The van der Waals surface area contributed by atoms with Crippen molar-refractivity contribution in [2.75, 3.05) is 0 Å². The van der Waals surface area contributed by atoms with Crippen LogP contribution < -0.4 is 5.73 Å². The van der Waals surface area contributed by atoms with Crippen molar-refractivity contribution >= 4 is 10.9 Å². The van der Waals surface area contributed by atoms with E-state index in [1.165, 1.54) is 5.39 Å². The Morgan fingerprint density at radius 3 is 2.90 bits per heavy atom. The maximum atomic E-state index is 5.87. The van der Waals surface area contributed by atoms with Gasteiger partial charge in [0.1, 0.15) is 5.82 Å². The second-order valence-electron chi connectivity index (χ2n) is 5.24. The first kappa shape index (κ1) is 12.9. The third-order valence-electron chi connectivity index (χ3n) is 3.46. The fraction of sp³-hybridized carbons (Fsp3) is 0.333. The number of nitrogens with zero attached hydrogens (tertiary/aromatic N) is 4. The Labute approximate surface area is 118 Å². The van der Waals surface area contributed by atoms with E-state index in [0.717, 1.165) is 30.0 Å². The standard InChI is InChI=1S/C15H19N5/c1-11(16)9-15-17-7-8-20(15)10-13-12-5-3-4-6-14(12)19(2)18-13/h3-8,11H,9-10,16H2,1-2H3. The molecule has 3 rings (SSSR count). The number of benzene rings is 1. The van der Waals surface area contributed by atoms with Gasteiger partial charge in [0.15, 0.2) is 0 Å². The first-order valence-corrected chi connectivity index (χ1v) is 6.81. The van der Waals surface area contributed by atoms with E-state index in [4.69, 9.17) is 5.73 Å². The number of hydrogen-bond acceptors (Lipinski definition) is 3. The van der Waals surface area contributed by atoms with Crippen LogP contribution in [-0.4, -0.2) is 25.4 Å². The predicted octanol–water partition coefficient (Wildman–Crippen LogP) is 1.71.